The molecule has 96 valence electrons. The first-order valence-electron chi connectivity index (χ1n) is 6.38. The molecule has 2 aromatic rings. The van der Waals surface area contributed by atoms with Crippen LogP contribution in [0.5, 0.6) is 0 Å². The van der Waals surface area contributed by atoms with Crippen LogP contribution in [0.15, 0.2) is 16.5 Å². The molecule has 0 unspecified atom stereocenters. The fourth-order valence-electron chi connectivity index (χ4n) is 2.37. The zero-order valence-electron chi connectivity index (χ0n) is 10.7. The van der Waals surface area contributed by atoms with Crippen LogP contribution in [0.4, 0.5) is 5.69 Å². The van der Waals surface area contributed by atoms with Crippen molar-refractivity contribution in [3.63, 3.8) is 0 Å². The van der Waals surface area contributed by atoms with E-state index in [2.05, 4.69) is 4.98 Å². The zero-order chi connectivity index (χ0) is 12.9. The maximum Gasteiger partial charge on any atom is 0.198 e. The van der Waals surface area contributed by atoms with Crippen LogP contribution in [-0.2, 0) is 5.60 Å². The van der Waals surface area contributed by atoms with Crippen LogP contribution in [0.2, 0.25) is 0 Å². The highest BCUT2D eigenvalue weighted by Crippen LogP contribution is 2.38. The lowest BCUT2D eigenvalue weighted by molar-refractivity contribution is 0.0795. The summed E-state index contributed by atoms with van der Waals surface area (Å²) in [5, 5.41) is 10.1. The molecule has 1 saturated carbocycles. The Bertz CT molecular complexity index is 592. The van der Waals surface area contributed by atoms with Crippen molar-refractivity contribution in [2.45, 2.75) is 44.6 Å². The number of nitrogen functional groups attached to an aromatic ring is 1. The van der Waals surface area contributed by atoms with Crippen molar-refractivity contribution in [1.29, 1.82) is 0 Å². The molecule has 0 spiro atoms. The molecule has 18 heavy (non-hydrogen) atoms. The number of rotatable bonds is 2. The van der Waals surface area contributed by atoms with E-state index in [1.807, 2.05) is 6.07 Å². The van der Waals surface area contributed by atoms with Crippen LogP contribution in [0.1, 0.15) is 50.5 Å². The lowest BCUT2D eigenvalue weighted by atomic mass is 9.85. The Morgan fingerprint density at radius 1 is 1.39 bits per heavy atom. The van der Waals surface area contributed by atoms with Gasteiger partial charge in [0, 0.05) is 23.2 Å². The summed E-state index contributed by atoms with van der Waals surface area (Å²) in [4.78, 5) is 4.52. The van der Waals surface area contributed by atoms with Crippen molar-refractivity contribution >= 4 is 16.8 Å². The fraction of sp³-hybridized carbons (Fsp3) is 0.500. The maximum atomic E-state index is 10.1. The van der Waals surface area contributed by atoms with Crippen LogP contribution in [0.25, 0.3) is 11.1 Å². The number of hydrogen-bond acceptors (Lipinski definition) is 4. The molecule has 3 N–H and O–H groups in total. The summed E-state index contributed by atoms with van der Waals surface area (Å²) < 4.78 is 5.75. The quantitative estimate of drug-likeness (QED) is 0.799. The number of anilines is 1. The van der Waals surface area contributed by atoms with Gasteiger partial charge in [-0.15, -0.1) is 0 Å². The van der Waals surface area contributed by atoms with Gasteiger partial charge in [0.2, 0.25) is 0 Å². The first kappa shape index (κ1) is 11.5. The average molecular weight is 246 g/mol. The summed E-state index contributed by atoms with van der Waals surface area (Å²) >= 11 is 0. The number of nitrogens with two attached hydrogens (primary N) is 1. The minimum absolute atomic E-state index is 0.462. The number of fused-ring (bicyclic) bond motifs is 1. The molecule has 0 aliphatic heterocycles. The van der Waals surface area contributed by atoms with E-state index in [1.165, 1.54) is 6.42 Å². The summed E-state index contributed by atoms with van der Waals surface area (Å²) in [6.07, 6.45) is 3.56. The standard InChI is InChI=1S/C14H18N2O2/c1-14(2,17)9-6-11-12(7-10(9)15)18-13(16-11)8-4-3-5-8/h6-8,17H,3-5,15H2,1-2H3. The van der Waals surface area contributed by atoms with Gasteiger partial charge in [-0.1, -0.05) is 6.42 Å². The SMILES string of the molecule is CC(C)(O)c1cc2nc(C3CCC3)oc2cc1N. The normalized spacial score (nSPS) is 17.1. The number of oxazole rings is 1. The number of nitrogens with zero attached hydrogens (tertiary/aromatic N) is 1. The Morgan fingerprint density at radius 3 is 2.67 bits per heavy atom. The Kier molecular flexibility index (Phi) is 2.38. The van der Waals surface area contributed by atoms with Crippen LogP contribution in [-0.4, -0.2) is 10.1 Å². The molecule has 0 atom stereocenters. The second-order valence-corrected chi connectivity index (χ2v) is 5.65. The number of hydrogen-bond donors (Lipinski definition) is 2. The highest BCUT2D eigenvalue weighted by atomic mass is 16.3. The second kappa shape index (κ2) is 3.72. The van der Waals surface area contributed by atoms with E-state index in [1.54, 1.807) is 19.9 Å². The highest BCUT2D eigenvalue weighted by molar-refractivity contribution is 5.79. The van der Waals surface area contributed by atoms with Gasteiger partial charge in [-0.2, -0.15) is 0 Å². The van der Waals surface area contributed by atoms with E-state index in [9.17, 15) is 5.11 Å². The fourth-order valence-corrected chi connectivity index (χ4v) is 2.37. The van der Waals surface area contributed by atoms with E-state index < -0.39 is 5.60 Å². The molecule has 1 aliphatic rings. The lowest BCUT2D eigenvalue weighted by Gasteiger charge is -2.21. The van der Waals surface area contributed by atoms with Gasteiger partial charge in [0.1, 0.15) is 5.52 Å². The van der Waals surface area contributed by atoms with Crippen LogP contribution in [0.3, 0.4) is 0 Å². The van der Waals surface area contributed by atoms with Crippen molar-refractivity contribution in [1.82, 2.24) is 4.98 Å². The Labute approximate surface area is 106 Å². The van der Waals surface area contributed by atoms with Crippen LogP contribution >= 0.6 is 0 Å². The van der Waals surface area contributed by atoms with E-state index in [-0.39, 0.29) is 0 Å². The molecule has 0 bridgehead atoms. The van der Waals surface area contributed by atoms with Gasteiger partial charge >= 0.3 is 0 Å². The van der Waals surface area contributed by atoms with E-state index in [0.717, 1.165) is 24.2 Å². The topological polar surface area (TPSA) is 72.3 Å². The van der Waals surface area contributed by atoms with E-state index >= 15 is 0 Å². The lowest BCUT2D eigenvalue weighted by Crippen LogP contribution is -2.17. The van der Waals surface area contributed by atoms with E-state index in [4.69, 9.17) is 10.2 Å². The van der Waals surface area contributed by atoms with Crippen molar-refractivity contribution in [3.8, 4) is 0 Å². The van der Waals surface area contributed by atoms with E-state index in [0.29, 0.717) is 22.8 Å². The molecule has 0 radical (unpaired) electrons. The molecule has 1 aromatic carbocycles. The van der Waals surface area contributed by atoms with Crippen LogP contribution in [0, 0.1) is 0 Å². The predicted octanol–water partition coefficient (Wildman–Crippen LogP) is 2.90. The third kappa shape index (κ3) is 1.77. The molecule has 1 aliphatic carbocycles. The Morgan fingerprint density at radius 2 is 2.11 bits per heavy atom. The highest BCUT2D eigenvalue weighted by Gasteiger charge is 2.26. The Balaban J connectivity index is 2.11. The summed E-state index contributed by atoms with van der Waals surface area (Å²) in [6.45, 7) is 3.44. The number of aromatic nitrogens is 1. The summed E-state index contributed by atoms with van der Waals surface area (Å²) in [5.74, 6) is 1.27. The molecule has 0 amide bonds. The first-order valence-corrected chi connectivity index (χ1v) is 6.38. The minimum atomic E-state index is -0.964. The first-order chi connectivity index (χ1) is 8.45. The Hall–Kier alpha value is -1.55. The molecule has 0 saturated heterocycles. The van der Waals surface area contributed by atoms with Crippen molar-refractivity contribution in [2.24, 2.45) is 0 Å². The van der Waals surface area contributed by atoms with Crippen LogP contribution < -0.4 is 5.73 Å². The molecule has 4 heteroatoms. The average Bonchev–Trinajstić information content (AvgIpc) is 2.54. The van der Waals surface area contributed by atoms with Gasteiger partial charge < -0.3 is 15.3 Å². The monoisotopic (exact) mass is 246 g/mol. The largest absolute Gasteiger partial charge is 0.440 e. The third-order valence-corrected chi connectivity index (χ3v) is 3.69. The van der Waals surface area contributed by atoms with Gasteiger partial charge in [0.05, 0.1) is 5.60 Å². The van der Waals surface area contributed by atoms with Gasteiger partial charge in [-0.25, -0.2) is 4.98 Å². The van der Waals surface area contributed by atoms with Crippen molar-refractivity contribution in [3.05, 3.63) is 23.6 Å². The molecule has 3 rings (SSSR count). The molecule has 4 nitrogen and oxygen atoms in total. The summed E-state index contributed by atoms with van der Waals surface area (Å²) in [6, 6.07) is 3.59. The smallest absolute Gasteiger partial charge is 0.198 e. The second-order valence-electron chi connectivity index (χ2n) is 5.65. The molecule has 1 heterocycles. The number of benzene rings is 1. The van der Waals surface area contributed by atoms with Crippen molar-refractivity contribution < 1.29 is 9.52 Å². The third-order valence-electron chi connectivity index (χ3n) is 3.69. The van der Waals surface area contributed by atoms with Gasteiger partial charge in [-0.3, -0.25) is 0 Å². The van der Waals surface area contributed by atoms with Crippen molar-refractivity contribution in [2.75, 3.05) is 5.73 Å². The minimum Gasteiger partial charge on any atom is -0.440 e. The van der Waals surface area contributed by atoms with Gasteiger partial charge in [0.25, 0.3) is 0 Å². The predicted molar refractivity (Wildman–Crippen MR) is 70.3 cm³/mol. The van der Waals surface area contributed by atoms with Gasteiger partial charge in [0.15, 0.2) is 11.5 Å². The molecule has 1 fully saturated rings. The summed E-state index contributed by atoms with van der Waals surface area (Å²) in [5.41, 5.74) is 7.73. The van der Waals surface area contributed by atoms with Gasteiger partial charge in [-0.05, 0) is 32.8 Å². The number of aliphatic hydroxyl groups is 1. The zero-order valence-corrected chi connectivity index (χ0v) is 10.7. The summed E-state index contributed by atoms with van der Waals surface area (Å²) in [7, 11) is 0. The maximum absolute atomic E-state index is 10.1. The molecular weight excluding hydrogens is 228 g/mol. The molecular formula is C14H18N2O2. The molecule has 1 aromatic heterocycles.